The Labute approximate surface area is 253 Å². The number of carboxylic acid groups (broad SMARTS) is 1. The fourth-order valence-corrected chi connectivity index (χ4v) is 5.10. The van der Waals surface area contributed by atoms with E-state index in [1.807, 2.05) is 6.07 Å². The van der Waals surface area contributed by atoms with E-state index in [1.54, 1.807) is 0 Å². The maximum atomic E-state index is 14.3. The van der Waals surface area contributed by atoms with E-state index in [9.17, 15) is 19.1 Å². The largest absolute Gasteiger partial charge is 0.491 e. The van der Waals surface area contributed by atoms with Crippen LogP contribution in [0.2, 0.25) is 0 Å². The second-order valence-corrected chi connectivity index (χ2v) is 13.6. The van der Waals surface area contributed by atoms with Gasteiger partial charge < -0.3 is 15.2 Å². The molecule has 2 N–H and O–H groups in total. The van der Waals surface area contributed by atoms with Crippen molar-refractivity contribution in [2.24, 2.45) is 0 Å². The molecule has 234 valence electrons. The van der Waals surface area contributed by atoms with Crippen LogP contribution in [0.3, 0.4) is 0 Å². The fraction of sp³-hybridized carbons (Fsp3) is 0.611. The van der Waals surface area contributed by atoms with Gasteiger partial charge in [0, 0.05) is 5.56 Å². The number of carbonyl (C=O) groups is 2. The van der Waals surface area contributed by atoms with Gasteiger partial charge in [-0.05, 0) is 41.0 Å². The zero-order chi connectivity index (χ0) is 31.3. The number of amides is 1. The predicted molar refractivity (Wildman–Crippen MR) is 172 cm³/mol. The monoisotopic (exact) mass is 583 g/mol. The summed E-state index contributed by atoms with van der Waals surface area (Å²) in [5.41, 5.74) is 1.08. The second-order valence-electron chi connectivity index (χ2n) is 13.6. The third kappa shape index (κ3) is 11.1. The molecule has 1 amide bonds. The topological polar surface area (TPSA) is 75.6 Å². The number of benzene rings is 2. The lowest BCUT2D eigenvalue weighted by Gasteiger charge is -2.29. The molecule has 0 bridgehead atoms. The maximum absolute atomic E-state index is 14.3. The van der Waals surface area contributed by atoms with E-state index in [2.05, 4.69) is 59.8 Å². The van der Waals surface area contributed by atoms with Gasteiger partial charge in [-0.2, -0.15) is 0 Å². The van der Waals surface area contributed by atoms with Crippen molar-refractivity contribution < 1.29 is 23.8 Å². The number of anilines is 1. The lowest BCUT2D eigenvalue weighted by atomic mass is 9.79. The van der Waals surface area contributed by atoms with Gasteiger partial charge in [0.05, 0.1) is 17.9 Å². The van der Waals surface area contributed by atoms with Gasteiger partial charge >= 0.3 is 5.97 Å². The molecule has 5 nitrogen and oxygen atoms in total. The molecule has 0 aromatic heterocycles. The highest BCUT2D eigenvalue weighted by atomic mass is 19.1. The average molecular weight is 584 g/mol. The smallest absolute Gasteiger partial charge is 0.339 e. The highest BCUT2D eigenvalue weighted by Gasteiger charge is 2.28. The molecule has 0 radical (unpaired) electrons. The average Bonchev–Trinajstić information content (AvgIpc) is 2.90. The summed E-state index contributed by atoms with van der Waals surface area (Å²) in [6.07, 6.45) is 15.1. The summed E-state index contributed by atoms with van der Waals surface area (Å²) in [4.78, 5) is 25.1. The number of carboxylic acids is 1. The van der Waals surface area contributed by atoms with Crippen LogP contribution >= 0.6 is 0 Å². The molecule has 42 heavy (non-hydrogen) atoms. The van der Waals surface area contributed by atoms with Gasteiger partial charge in [0.1, 0.15) is 17.1 Å². The minimum atomic E-state index is -1.49. The van der Waals surface area contributed by atoms with E-state index < -0.39 is 23.3 Å². The zero-order valence-corrected chi connectivity index (χ0v) is 27.1. The molecule has 2 aromatic carbocycles. The minimum Gasteiger partial charge on any atom is -0.491 e. The number of nitrogens with one attached hydrogen (secondary N) is 1. The first kappa shape index (κ1) is 35.3. The molecule has 0 saturated carbocycles. The first-order chi connectivity index (χ1) is 19.8. The normalized spacial score (nSPS) is 11.9. The molecule has 0 saturated heterocycles. The molecule has 0 fully saturated rings. The molecule has 6 heteroatoms. The van der Waals surface area contributed by atoms with Crippen molar-refractivity contribution in [2.45, 2.75) is 136 Å². The summed E-state index contributed by atoms with van der Waals surface area (Å²) < 4.78 is 20.7. The summed E-state index contributed by atoms with van der Waals surface area (Å²) in [6, 6.07) is 7.74. The van der Waals surface area contributed by atoms with Gasteiger partial charge in [-0.25, -0.2) is 9.18 Å². The Morgan fingerprint density at radius 1 is 0.810 bits per heavy atom. The number of hydrogen-bond donors (Lipinski definition) is 2. The third-order valence-electron chi connectivity index (χ3n) is 7.73. The second kappa shape index (κ2) is 16.7. The maximum Gasteiger partial charge on any atom is 0.339 e. The lowest BCUT2D eigenvalue weighted by molar-refractivity contribution is 0.0687. The number of unbranched alkanes of at least 4 members (excludes halogenated alkanes) is 11. The van der Waals surface area contributed by atoms with Crippen LogP contribution in [0.1, 0.15) is 157 Å². The quantitative estimate of drug-likeness (QED) is 0.182. The van der Waals surface area contributed by atoms with Crippen LogP contribution in [0, 0.1) is 5.82 Å². The Hall–Kier alpha value is -2.89. The lowest BCUT2D eigenvalue weighted by Crippen LogP contribution is -2.22. The van der Waals surface area contributed by atoms with Crippen molar-refractivity contribution in [3.63, 3.8) is 0 Å². The van der Waals surface area contributed by atoms with Gasteiger partial charge in [-0.1, -0.05) is 131 Å². The number of carbonyl (C=O) groups excluding carboxylic acids is 1. The van der Waals surface area contributed by atoms with Gasteiger partial charge in [-0.15, -0.1) is 0 Å². The van der Waals surface area contributed by atoms with Crippen LogP contribution in [0.25, 0.3) is 0 Å². The number of hydrogen-bond acceptors (Lipinski definition) is 3. The van der Waals surface area contributed by atoms with Crippen molar-refractivity contribution in [1.82, 2.24) is 0 Å². The van der Waals surface area contributed by atoms with E-state index in [-0.39, 0.29) is 16.4 Å². The predicted octanol–water partition coefficient (Wildman–Crippen LogP) is 10.5. The Balaban J connectivity index is 2.14. The summed E-state index contributed by atoms with van der Waals surface area (Å²) in [5.74, 6) is -2.54. The molecular weight excluding hydrogens is 529 g/mol. The van der Waals surface area contributed by atoms with Crippen LogP contribution in [0.5, 0.6) is 5.75 Å². The molecule has 0 atom stereocenters. The first-order valence-corrected chi connectivity index (χ1v) is 15.9. The summed E-state index contributed by atoms with van der Waals surface area (Å²) >= 11 is 0. The zero-order valence-electron chi connectivity index (χ0n) is 27.1. The van der Waals surface area contributed by atoms with Crippen molar-refractivity contribution in [1.29, 1.82) is 0 Å². The van der Waals surface area contributed by atoms with Gasteiger partial charge in [-0.3, -0.25) is 4.79 Å². The van der Waals surface area contributed by atoms with Crippen LogP contribution in [0.4, 0.5) is 10.1 Å². The van der Waals surface area contributed by atoms with Crippen molar-refractivity contribution >= 4 is 17.6 Å². The van der Waals surface area contributed by atoms with E-state index in [0.29, 0.717) is 18.0 Å². The molecule has 0 aliphatic rings. The van der Waals surface area contributed by atoms with E-state index in [1.165, 1.54) is 76.3 Å². The Morgan fingerprint density at radius 2 is 1.36 bits per heavy atom. The van der Waals surface area contributed by atoms with Crippen molar-refractivity contribution in [3.05, 3.63) is 58.4 Å². The molecule has 0 aliphatic carbocycles. The molecule has 2 rings (SSSR count). The van der Waals surface area contributed by atoms with Crippen molar-refractivity contribution in [3.8, 4) is 5.75 Å². The van der Waals surface area contributed by atoms with Crippen LogP contribution in [-0.4, -0.2) is 23.6 Å². The van der Waals surface area contributed by atoms with Crippen LogP contribution in [-0.2, 0) is 10.8 Å². The molecular formula is C36H54FNO4. The van der Waals surface area contributed by atoms with Crippen molar-refractivity contribution in [2.75, 3.05) is 11.9 Å². The molecule has 0 spiro atoms. The highest BCUT2D eigenvalue weighted by molar-refractivity contribution is 6.11. The number of aromatic carboxylic acids is 1. The van der Waals surface area contributed by atoms with Gasteiger partial charge in [0.2, 0.25) is 0 Å². The molecule has 2 aromatic rings. The minimum absolute atomic E-state index is 0.210. The van der Waals surface area contributed by atoms with Gasteiger partial charge in [0.15, 0.2) is 0 Å². The Bertz CT molecular complexity index is 1160. The van der Waals surface area contributed by atoms with Crippen LogP contribution in [0.15, 0.2) is 30.3 Å². The summed E-state index contributed by atoms with van der Waals surface area (Å²) in [7, 11) is 0. The molecule has 0 unspecified atom stereocenters. The molecule has 0 heterocycles. The Morgan fingerprint density at radius 3 is 1.86 bits per heavy atom. The van der Waals surface area contributed by atoms with E-state index in [0.717, 1.165) is 30.0 Å². The number of ether oxygens (including phenoxy) is 1. The third-order valence-corrected chi connectivity index (χ3v) is 7.73. The van der Waals surface area contributed by atoms with E-state index in [4.69, 9.17) is 4.74 Å². The first-order valence-electron chi connectivity index (χ1n) is 15.9. The SMILES string of the molecule is CCCCCCCCCCCCCCOc1c(NC(=O)c2cccc(F)c2C(=O)O)cc(C(C)(C)C)cc1C(C)(C)C. The number of rotatable bonds is 17. The fourth-order valence-electron chi connectivity index (χ4n) is 5.10. The van der Waals surface area contributed by atoms with Gasteiger partial charge in [0.25, 0.3) is 5.91 Å². The standard InChI is InChI=1S/C36H54FNO4/c1-8-9-10-11-12-13-14-15-16-17-18-19-23-42-32-28(36(5,6)7)24-26(35(2,3)4)25-30(32)38-33(39)27-21-20-22-29(37)31(27)34(40)41/h20-22,24-25H,8-19,23H2,1-7H3,(H,38,39)(H,40,41). The molecule has 0 aliphatic heterocycles. The summed E-state index contributed by atoms with van der Waals surface area (Å²) in [6.45, 7) is 15.4. The Kier molecular flexibility index (Phi) is 14.0. The number of halogens is 1. The van der Waals surface area contributed by atoms with Crippen LogP contribution < -0.4 is 10.1 Å². The van der Waals surface area contributed by atoms with E-state index >= 15 is 0 Å². The summed E-state index contributed by atoms with van der Waals surface area (Å²) in [5, 5.41) is 12.4. The highest BCUT2D eigenvalue weighted by Crippen LogP contribution is 2.41.